The van der Waals surface area contributed by atoms with Crippen LogP contribution < -0.4 is 17.0 Å². The molecule has 0 fully saturated rings. The molecule has 0 radical (unpaired) electrons. The number of benzene rings is 1. The molecule has 0 amide bonds. The molecule has 0 aliphatic heterocycles. The van der Waals surface area contributed by atoms with Crippen LogP contribution in [-0.2, 0) is 19.5 Å². The van der Waals surface area contributed by atoms with E-state index in [4.69, 9.17) is 11.6 Å². The number of unbranched alkanes of at least 4 members (excludes halogenated alkanes) is 2. The van der Waals surface area contributed by atoms with Crippen molar-refractivity contribution in [1.82, 2.24) is 0 Å². The Morgan fingerprint density at radius 1 is 1.19 bits per heavy atom. The minimum Gasteiger partial charge on any atom is -1.00 e. The Balaban J connectivity index is -0.000000214. The number of aryl methyl sites for hydroxylation is 2. The summed E-state index contributed by atoms with van der Waals surface area (Å²) in [5, 5.41) is 0.887. The normalized spacial score (nSPS) is 8.06. The van der Waals surface area contributed by atoms with E-state index < -0.39 is 0 Å². The molecule has 16 heavy (non-hydrogen) atoms. The Kier molecular flexibility index (Phi) is 18.7. The first kappa shape index (κ1) is 21.9. The maximum absolute atomic E-state index is 5.88. The van der Waals surface area contributed by atoms with Gasteiger partial charge in [0, 0.05) is 5.02 Å². The Morgan fingerprint density at radius 2 is 1.62 bits per heavy atom. The summed E-state index contributed by atoms with van der Waals surface area (Å²) in [5.74, 6) is 0. The fraction of sp³-hybridized carbons (Fsp3) is 0.462. The zero-order valence-corrected chi connectivity index (χ0v) is 15.8. The minimum absolute atomic E-state index is 0. The van der Waals surface area contributed by atoms with Gasteiger partial charge < -0.3 is 23.9 Å². The SMILES string of the molecule is Cc1cccc(C)c1Cl.[Br-].[CH2-]CCCC.[Zn+2]. The molecule has 0 heterocycles. The molecule has 1 rings (SSSR count). The van der Waals surface area contributed by atoms with Crippen molar-refractivity contribution in [3.63, 3.8) is 0 Å². The molecule has 0 saturated heterocycles. The van der Waals surface area contributed by atoms with Crippen molar-refractivity contribution in [3.8, 4) is 0 Å². The molecule has 0 N–H and O–H groups in total. The average molecular weight is 357 g/mol. The Bertz CT molecular complexity index is 242. The zero-order chi connectivity index (χ0) is 11.0. The largest absolute Gasteiger partial charge is 2.00 e. The summed E-state index contributed by atoms with van der Waals surface area (Å²) in [6.07, 6.45) is 3.65. The number of hydrogen-bond donors (Lipinski definition) is 0. The van der Waals surface area contributed by atoms with Gasteiger partial charge in [-0.2, -0.15) is 6.42 Å². The van der Waals surface area contributed by atoms with E-state index in [0.29, 0.717) is 0 Å². The van der Waals surface area contributed by atoms with Gasteiger partial charge in [-0.1, -0.05) is 49.6 Å². The fourth-order valence-corrected chi connectivity index (χ4v) is 1.17. The van der Waals surface area contributed by atoms with E-state index in [9.17, 15) is 0 Å². The average Bonchev–Trinajstić information content (AvgIpc) is 2.16. The molecule has 0 nitrogen and oxygen atoms in total. The molecule has 0 bridgehead atoms. The Labute approximate surface area is 129 Å². The molecule has 1 aromatic carbocycles. The van der Waals surface area contributed by atoms with Crippen LogP contribution in [0, 0.1) is 20.8 Å². The predicted molar refractivity (Wildman–Crippen MR) is 65.8 cm³/mol. The maximum Gasteiger partial charge on any atom is 2.00 e. The van der Waals surface area contributed by atoms with Gasteiger partial charge in [0.05, 0.1) is 0 Å². The third kappa shape index (κ3) is 9.81. The van der Waals surface area contributed by atoms with Crippen molar-refractivity contribution in [2.24, 2.45) is 0 Å². The first-order valence-corrected chi connectivity index (χ1v) is 5.52. The summed E-state index contributed by atoms with van der Waals surface area (Å²) in [7, 11) is 0. The van der Waals surface area contributed by atoms with E-state index in [0.717, 1.165) is 22.6 Å². The van der Waals surface area contributed by atoms with Crippen LogP contribution >= 0.6 is 11.6 Å². The van der Waals surface area contributed by atoms with E-state index in [-0.39, 0.29) is 36.5 Å². The van der Waals surface area contributed by atoms with Crippen molar-refractivity contribution in [2.75, 3.05) is 0 Å². The van der Waals surface area contributed by atoms with Gasteiger partial charge >= 0.3 is 19.5 Å². The molecular weight excluding hydrogens is 337 g/mol. The summed E-state index contributed by atoms with van der Waals surface area (Å²) in [6, 6.07) is 6.03. The van der Waals surface area contributed by atoms with Crippen LogP contribution in [-0.4, -0.2) is 0 Å². The molecular formula is C13H20BrClZn. The molecule has 0 spiro atoms. The van der Waals surface area contributed by atoms with E-state index in [1.165, 1.54) is 12.8 Å². The van der Waals surface area contributed by atoms with Gasteiger partial charge in [0.25, 0.3) is 0 Å². The van der Waals surface area contributed by atoms with Gasteiger partial charge in [-0.05, 0) is 25.0 Å². The van der Waals surface area contributed by atoms with E-state index in [1.54, 1.807) is 0 Å². The minimum atomic E-state index is 0. The van der Waals surface area contributed by atoms with Crippen molar-refractivity contribution in [3.05, 3.63) is 41.3 Å². The first-order valence-electron chi connectivity index (χ1n) is 5.14. The van der Waals surface area contributed by atoms with E-state index in [2.05, 4.69) is 13.8 Å². The molecule has 0 unspecified atom stereocenters. The van der Waals surface area contributed by atoms with Crippen LogP contribution in [0.25, 0.3) is 0 Å². The van der Waals surface area contributed by atoms with Crippen LogP contribution in [0.1, 0.15) is 37.3 Å². The van der Waals surface area contributed by atoms with Crippen molar-refractivity contribution in [2.45, 2.75) is 40.0 Å². The monoisotopic (exact) mass is 354 g/mol. The van der Waals surface area contributed by atoms with Crippen LogP contribution in [0.15, 0.2) is 18.2 Å². The van der Waals surface area contributed by atoms with Gasteiger partial charge in [-0.15, -0.1) is 0 Å². The van der Waals surface area contributed by atoms with Gasteiger partial charge in [0.2, 0.25) is 0 Å². The van der Waals surface area contributed by atoms with Crippen LogP contribution in [0.2, 0.25) is 5.02 Å². The standard InChI is InChI=1S/C8H9Cl.C5H11.BrH.Zn/c1-6-4-3-5-7(2)8(6)9;1-3-5-4-2;;/h3-5H,1-2H3;1,3-5H2,2H3;1H;/q;-1;;+2/p-1. The van der Waals surface area contributed by atoms with Crippen LogP contribution in [0.4, 0.5) is 0 Å². The quantitative estimate of drug-likeness (QED) is 0.561. The van der Waals surface area contributed by atoms with Gasteiger partial charge in [-0.25, -0.2) is 0 Å². The summed E-state index contributed by atoms with van der Waals surface area (Å²) in [6.45, 7) is 9.87. The van der Waals surface area contributed by atoms with E-state index in [1.807, 2.05) is 32.0 Å². The summed E-state index contributed by atoms with van der Waals surface area (Å²) < 4.78 is 0. The second-order valence-electron chi connectivity index (χ2n) is 3.41. The Hall–Kier alpha value is 0.613. The first-order chi connectivity index (χ1) is 6.63. The van der Waals surface area contributed by atoms with Gasteiger partial charge in [0.1, 0.15) is 0 Å². The third-order valence-electron chi connectivity index (χ3n) is 1.99. The molecule has 1 aromatic rings. The molecule has 88 valence electrons. The smallest absolute Gasteiger partial charge is 1.00 e. The summed E-state index contributed by atoms with van der Waals surface area (Å²) in [5.41, 5.74) is 2.30. The number of halogens is 2. The van der Waals surface area contributed by atoms with Gasteiger partial charge in [0.15, 0.2) is 0 Å². The second kappa shape index (κ2) is 13.7. The Morgan fingerprint density at radius 3 is 1.81 bits per heavy atom. The molecule has 0 aliphatic carbocycles. The second-order valence-corrected chi connectivity index (χ2v) is 3.79. The molecule has 0 atom stereocenters. The number of rotatable bonds is 2. The summed E-state index contributed by atoms with van der Waals surface area (Å²) >= 11 is 5.88. The summed E-state index contributed by atoms with van der Waals surface area (Å²) in [4.78, 5) is 0. The fourth-order valence-electron chi connectivity index (χ4n) is 1.04. The molecule has 0 aliphatic rings. The van der Waals surface area contributed by atoms with Crippen LogP contribution in [0.5, 0.6) is 0 Å². The topological polar surface area (TPSA) is 0 Å². The van der Waals surface area contributed by atoms with Crippen molar-refractivity contribution < 1.29 is 36.5 Å². The van der Waals surface area contributed by atoms with E-state index >= 15 is 0 Å². The van der Waals surface area contributed by atoms with Crippen molar-refractivity contribution in [1.29, 1.82) is 0 Å². The third-order valence-corrected chi connectivity index (χ3v) is 2.58. The maximum atomic E-state index is 5.88. The predicted octanol–water partition coefficient (Wildman–Crippen LogP) is 1.97. The van der Waals surface area contributed by atoms with Crippen molar-refractivity contribution >= 4 is 11.6 Å². The molecule has 0 aromatic heterocycles. The number of hydrogen-bond acceptors (Lipinski definition) is 0. The molecule has 3 heteroatoms. The molecule has 0 saturated carbocycles. The van der Waals surface area contributed by atoms with Gasteiger partial charge in [-0.3, -0.25) is 0 Å². The van der Waals surface area contributed by atoms with Crippen LogP contribution in [0.3, 0.4) is 0 Å². The zero-order valence-electron chi connectivity index (χ0n) is 10.5.